The van der Waals surface area contributed by atoms with Gasteiger partial charge >= 0.3 is 5.97 Å². The molecule has 0 saturated heterocycles. The van der Waals surface area contributed by atoms with Gasteiger partial charge in [0.05, 0.1) is 0 Å². The smallest absolute Gasteiger partial charge is 0.344 e. The van der Waals surface area contributed by atoms with E-state index in [2.05, 4.69) is 5.32 Å². The van der Waals surface area contributed by atoms with Crippen molar-refractivity contribution in [3.63, 3.8) is 0 Å². The maximum absolute atomic E-state index is 11.7. The maximum atomic E-state index is 11.7. The molecule has 5 nitrogen and oxygen atoms in total. The molecule has 0 aliphatic heterocycles. The lowest BCUT2D eigenvalue weighted by Crippen LogP contribution is -2.29. The Labute approximate surface area is 151 Å². The van der Waals surface area contributed by atoms with E-state index in [1.54, 1.807) is 24.3 Å². The van der Waals surface area contributed by atoms with Gasteiger partial charge in [-0.3, -0.25) is 4.79 Å². The summed E-state index contributed by atoms with van der Waals surface area (Å²) >= 11 is 5.87. The third kappa shape index (κ3) is 6.47. The lowest BCUT2D eigenvalue weighted by Gasteiger charge is -2.10. The molecule has 0 bridgehead atoms. The number of carbonyl (C=O) groups is 2. The second-order valence-corrected chi connectivity index (χ2v) is 6.06. The van der Waals surface area contributed by atoms with Gasteiger partial charge in [-0.25, -0.2) is 4.79 Å². The molecule has 2 rings (SSSR count). The highest BCUT2D eigenvalue weighted by Crippen LogP contribution is 2.18. The third-order valence-corrected chi connectivity index (χ3v) is 3.65. The Morgan fingerprint density at radius 3 is 2.60 bits per heavy atom. The quantitative estimate of drug-likeness (QED) is 0.769. The Morgan fingerprint density at radius 2 is 1.88 bits per heavy atom. The van der Waals surface area contributed by atoms with Crippen LogP contribution in [0.5, 0.6) is 5.75 Å². The van der Waals surface area contributed by atoms with E-state index in [1.165, 1.54) is 0 Å². The van der Waals surface area contributed by atoms with Gasteiger partial charge in [0.2, 0.25) is 0 Å². The number of aryl methyl sites for hydroxylation is 2. The van der Waals surface area contributed by atoms with Crippen LogP contribution in [0.4, 0.5) is 0 Å². The second kappa shape index (κ2) is 9.08. The zero-order chi connectivity index (χ0) is 18.2. The first-order valence-corrected chi connectivity index (χ1v) is 8.18. The molecule has 0 atom stereocenters. The molecule has 0 saturated carbocycles. The van der Waals surface area contributed by atoms with E-state index in [9.17, 15) is 9.59 Å². The number of benzene rings is 2. The van der Waals surface area contributed by atoms with Gasteiger partial charge in [0.15, 0.2) is 13.2 Å². The molecule has 2 aromatic rings. The van der Waals surface area contributed by atoms with E-state index in [1.807, 2.05) is 32.0 Å². The Morgan fingerprint density at radius 1 is 1.08 bits per heavy atom. The monoisotopic (exact) mass is 361 g/mol. The van der Waals surface area contributed by atoms with E-state index in [4.69, 9.17) is 21.1 Å². The van der Waals surface area contributed by atoms with Crippen molar-refractivity contribution in [3.05, 3.63) is 64.2 Å². The van der Waals surface area contributed by atoms with Crippen LogP contribution in [0.3, 0.4) is 0 Å². The molecule has 0 fully saturated rings. The molecule has 2 aromatic carbocycles. The van der Waals surface area contributed by atoms with Crippen LogP contribution >= 0.6 is 11.6 Å². The van der Waals surface area contributed by atoms with Crippen LogP contribution in [0.15, 0.2) is 42.5 Å². The van der Waals surface area contributed by atoms with Gasteiger partial charge in [0.1, 0.15) is 5.75 Å². The number of nitrogens with one attached hydrogen (secondary N) is 1. The molecule has 1 amide bonds. The maximum Gasteiger partial charge on any atom is 0.344 e. The van der Waals surface area contributed by atoms with Gasteiger partial charge in [-0.15, -0.1) is 0 Å². The normalized spacial score (nSPS) is 10.2. The molecule has 6 heteroatoms. The molecule has 0 aliphatic rings. The van der Waals surface area contributed by atoms with Gasteiger partial charge in [0.25, 0.3) is 5.91 Å². The molecule has 0 aromatic heterocycles. The van der Waals surface area contributed by atoms with Crippen molar-refractivity contribution in [2.45, 2.75) is 20.4 Å². The van der Waals surface area contributed by atoms with Crippen LogP contribution < -0.4 is 10.1 Å². The SMILES string of the molecule is Cc1ccc(OCC(=O)OCC(=O)NCc2cccc(Cl)c2)c(C)c1. The zero-order valence-corrected chi connectivity index (χ0v) is 14.9. The number of rotatable bonds is 7. The summed E-state index contributed by atoms with van der Waals surface area (Å²) < 4.78 is 10.3. The lowest BCUT2D eigenvalue weighted by molar-refractivity contribution is -0.150. The van der Waals surface area contributed by atoms with Crippen molar-refractivity contribution in [2.75, 3.05) is 13.2 Å². The van der Waals surface area contributed by atoms with Crippen molar-refractivity contribution in [1.29, 1.82) is 0 Å². The number of amides is 1. The first-order chi connectivity index (χ1) is 11.9. The molecule has 0 spiro atoms. The third-order valence-electron chi connectivity index (χ3n) is 3.42. The average molecular weight is 362 g/mol. The lowest BCUT2D eigenvalue weighted by atomic mass is 10.1. The molecule has 0 heterocycles. The highest BCUT2D eigenvalue weighted by Gasteiger charge is 2.09. The molecule has 25 heavy (non-hydrogen) atoms. The summed E-state index contributed by atoms with van der Waals surface area (Å²) in [6.07, 6.45) is 0. The Hall–Kier alpha value is -2.53. The summed E-state index contributed by atoms with van der Waals surface area (Å²) in [4.78, 5) is 23.4. The van der Waals surface area contributed by atoms with Crippen LogP contribution in [0, 0.1) is 13.8 Å². The predicted octanol–water partition coefficient (Wildman–Crippen LogP) is 3.20. The Bertz CT molecular complexity index is 761. The standard InChI is InChI=1S/C19H20ClNO4/c1-13-6-7-17(14(2)8-13)24-12-19(23)25-11-18(22)21-10-15-4-3-5-16(20)9-15/h3-9H,10-12H2,1-2H3,(H,21,22). The van der Waals surface area contributed by atoms with Gasteiger partial charge in [-0.2, -0.15) is 0 Å². The molecule has 1 N–H and O–H groups in total. The van der Waals surface area contributed by atoms with E-state index in [0.29, 0.717) is 17.3 Å². The minimum atomic E-state index is -0.599. The van der Waals surface area contributed by atoms with E-state index in [-0.39, 0.29) is 19.1 Å². The van der Waals surface area contributed by atoms with E-state index in [0.717, 1.165) is 16.7 Å². The van der Waals surface area contributed by atoms with Gasteiger partial charge in [-0.05, 0) is 43.2 Å². The van der Waals surface area contributed by atoms with E-state index >= 15 is 0 Å². The number of ether oxygens (including phenoxy) is 2. The van der Waals surface area contributed by atoms with Gasteiger partial charge < -0.3 is 14.8 Å². The summed E-state index contributed by atoms with van der Waals surface area (Å²) in [5.74, 6) is -0.370. The summed E-state index contributed by atoms with van der Waals surface area (Å²) in [6, 6.07) is 12.8. The second-order valence-electron chi connectivity index (χ2n) is 5.62. The van der Waals surface area contributed by atoms with Crippen molar-refractivity contribution in [2.24, 2.45) is 0 Å². The summed E-state index contributed by atoms with van der Waals surface area (Å²) in [5, 5.41) is 3.25. The number of esters is 1. The summed E-state index contributed by atoms with van der Waals surface area (Å²) in [7, 11) is 0. The summed E-state index contributed by atoms with van der Waals surface area (Å²) in [6.45, 7) is 3.60. The van der Waals surface area contributed by atoms with Crippen molar-refractivity contribution in [3.8, 4) is 5.75 Å². The number of hydrogen-bond acceptors (Lipinski definition) is 4. The molecule has 0 aliphatic carbocycles. The van der Waals surface area contributed by atoms with Crippen LogP contribution in [0.1, 0.15) is 16.7 Å². The number of carbonyl (C=O) groups excluding carboxylic acids is 2. The Kier molecular flexibility index (Phi) is 6.83. The van der Waals surface area contributed by atoms with Crippen LogP contribution in [0.2, 0.25) is 5.02 Å². The average Bonchev–Trinajstić information content (AvgIpc) is 2.57. The van der Waals surface area contributed by atoms with Crippen LogP contribution in [-0.4, -0.2) is 25.1 Å². The highest BCUT2D eigenvalue weighted by atomic mass is 35.5. The van der Waals surface area contributed by atoms with Gasteiger partial charge in [-0.1, -0.05) is 41.4 Å². The molecule has 132 valence electrons. The topological polar surface area (TPSA) is 64.6 Å². The largest absolute Gasteiger partial charge is 0.482 e. The minimum absolute atomic E-state index is 0.245. The van der Waals surface area contributed by atoms with Crippen molar-refractivity contribution < 1.29 is 19.1 Å². The molecular weight excluding hydrogens is 342 g/mol. The van der Waals surface area contributed by atoms with Crippen LogP contribution in [0.25, 0.3) is 0 Å². The predicted molar refractivity (Wildman–Crippen MR) is 95.7 cm³/mol. The number of hydrogen-bond donors (Lipinski definition) is 1. The first kappa shape index (κ1) is 18.8. The fourth-order valence-corrected chi connectivity index (χ4v) is 2.40. The zero-order valence-electron chi connectivity index (χ0n) is 14.2. The van der Waals surface area contributed by atoms with Gasteiger partial charge in [0, 0.05) is 11.6 Å². The highest BCUT2D eigenvalue weighted by molar-refractivity contribution is 6.30. The molecule has 0 unspecified atom stereocenters. The minimum Gasteiger partial charge on any atom is -0.482 e. The van der Waals surface area contributed by atoms with Crippen LogP contribution in [-0.2, 0) is 20.9 Å². The first-order valence-electron chi connectivity index (χ1n) is 7.81. The van der Waals surface area contributed by atoms with Crippen molar-refractivity contribution >= 4 is 23.5 Å². The number of halogens is 1. The summed E-state index contributed by atoms with van der Waals surface area (Å²) in [5.41, 5.74) is 2.92. The molecule has 0 radical (unpaired) electrons. The van der Waals surface area contributed by atoms with Crippen molar-refractivity contribution in [1.82, 2.24) is 5.32 Å². The fraction of sp³-hybridized carbons (Fsp3) is 0.263. The van der Waals surface area contributed by atoms with E-state index < -0.39 is 5.97 Å². The fourth-order valence-electron chi connectivity index (χ4n) is 2.18. The Balaban J connectivity index is 1.69. The molecular formula is C19H20ClNO4.